The number of unbranched alkanes of at least 4 members (excludes halogenated alkanes) is 6. The lowest BCUT2D eigenvalue weighted by molar-refractivity contribution is -0.113. The van der Waals surface area contributed by atoms with Gasteiger partial charge in [-0.2, -0.15) is 0 Å². The van der Waals surface area contributed by atoms with Gasteiger partial charge in [0.2, 0.25) is 0 Å². The smallest absolute Gasteiger partial charge is 0.123 e. The molecule has 1 nitrogen and oxygen atoms in total. The van der Waals surface area contributed by atoms with Gasteiger partial charge < -0.3 is 4.79 Å². The fourth-order valence-corrected chi connectivity index (χ4v) is 5.63. The number of carbonyl (C=O) groups is 1. The van der Waals surface area contributed by atoms with Crippen molar-refractivity contribution in [2.24, 2.45) is 29.6 Å². The van der Waals surface area contributed by atoms with Gasteiger partial charge in [-0.05, 0) is 55.8 Å². The van der Waals surface area contributed by atoms with Crippen molar-refractivity contribution < 1.29 is 4.79 Å². The van der Waals surface area contributed by atoms with Gasteiger partial charge in [-0.1, -0.05) is 84.5 Å². The SMILES string of the molecule is CC1CCC(CCCCCCCCCC2CCCCC2C=O)C(C)C1. The average Bonchev–Trinajstić information content (AvgIpc) is 2.62. The van der Waals surface area contributed by atoms with E-state index in [4.69, 9.17) is 0 Å². The van der Waals surface area contributed by atoms with Gasteiger partial charge in [-0.25, -0.2) is 0 Å². The van der Waals surface area contributed by atoms with E-state index in [1.165, 1.54) is 103 Å². The van der Waals surface area contributed by atoms with Crippen LogP contribution in [0.3, 0.4) is 0 Å². The highest BCUT2D eigenvalue weighted by atomic mass is 16.1. The third kappa shape index (κ3) is 7.83. The molecule has 5 unspecified atom stereocenters. The van der Waals surface area contributed by atoms with E-state index in [2.05, 4.69) is 13.8 Å². The summed E-state index contributed by atoms with van der Waals surface area (Å²) in [4.78, 5) is 11.2. The van der Waals surface area contributed by atoms with Crippen LogP contribution in [0, 0.1) is 29.6 Å². The van der Waals surface area contributed by atoms with Gasteiger partial charge >= 0.3 is 0 Å². The van der Waals surface area contributed by atoms with Crippen LogP contribution in [-0.2, 0) is 4.79 Å². The molecule has 0 heterocycles. The van der Waals surface area contributed by atoms with Gasteiger partial charge in [-0.15, -0.1) is 0 Å². The number of carbonyl (C=O) groups excluding carboxylic acids is 1. The lowest BCUT2D eigenvalue weighted by atomic mass is 9.73. The molecule has 25 heavy (non-hydrogen) atoms. The molecule has 1 heteroatoms. The maximum atomic E-state index is 11.2. The molecule has 2 saturated carbocycles. The third-order valence-electron chi connectivity index (χ3n) is 7.40. The molecule has 0 bridgehead atoms. The summed E-state index contributed by atoms with van der Waals surface area (Å²) in [5.74, 6) is 4.07. The summed E-state index contributed by atoms with van der Waals surface area (Å²) >= 11 is 0. The minimum Gasteiger partial charge on any atom is -0.303 e. The zero-order valence-corrected chi connectivity index (χ0v) is 17.2. The quantitative estimate of drug-likeness (QED) is 0.278. The molecule has 2 aliphatic carbocycles. The molecule has 5 atom stereocenters. The maximum Gasteiger partial charge on any atom is 0.123 e. The summed E-state index contributed by atoms with van der Waals surface area (Å²) in [7, 11) is 0. The molecule has 0 aromatic heterocycles. The normalized spacial score (nSPS) is 33.3. The van der Waals surface area contributed by atoms with Crippen molar-refractivity contribution in [3.63, 3.8) is 0 Å². The molecule has 2 rings (SSSR count). The molecule has 0 radical (unpaired) electrons. The molecule has 2 fully saturated rings. The Balaban J connectivity index is 1.40. The Labute approximate surface area is 157 Å². The molecule has 0 spiro atoms. The van der Waals surface area contributed by atoms with Gasteiger partial charge in [0, 0.05) is 5.92 Å². The van der Waals surface area contributed by atoms with Crippen molar-refractivity contribution in [3.05, 3.63) is 0 Å². The van der Waals surface area contributed by atoms with E-state index in [1.54, 1.807) is 0 Å². The fourth-order valence-electron chi connectivity index (χ4n) is 5.63. The van der Waals surface area contributed by atoms with Gasteiger partial charge in [0.1, 0.15) is 6.29 Å². The predicted molar refractivity (Wildman–Crippen MR) is 109 cm³/mol. The first-order chi connectivity index (χ1) is 12.2. The van der Waals surface area contributed by atoms with Crippen molar-refractivity contribution in [1.29, 1.82) is 0 Å². The third-order valence-corrected chi connectivity index (χ3v) is 7.40. The number of rotatable bonds is 11. The second-order valence-electron chi connectivity index (χ2n) is 9.55. The van der Waals surface area contributed by atoms with Gasteiger partial charge in [0.15, 0.2) is 0 Å². The molecule has 146 valence electrons. The fraction of sp³-hybridized carbons (Fsp3) is 0.958. The highest BCUT2D eigenvalue weighted by Crippen LogP contribution is 2.36. The topological polar surface area (TPSA) is 17.1 Å². The first-order valence-corrected chi connectivity index (χ1v) is 11.7. The van der Waals surface area contributed by atoms with E-state index in [0.29, 0.717) is 11.8 Å². The highest BCUT2D eigenvalue weighted by molar-refractivity contribution is 5.54. The van der Waals surface area contributed by atoms with Crippen molar-refractivity contribution in [2.75, 3.05) is 0 Å². The van der Waals surface area contributed by atoms with E-state index in [0.717, 1.165) is 24.2 Å². The molecular weight excluding hydrogens is 304 g/mol. The molecule has 2 aliphatic rings. The largest absolute Gasteiger partial charge is 0.303 e. The van der Waals surface area contributed by atoms with Crippen molar-refractivity contribution in [1.82, 2.24) is 0 Å². The zero-order chi connectivity index (χ0) is 17.9. The summed E-state index contributed by atoms with van der Waals surface area (Å²) in [6.45, 7) is 4.92. The average molecular weight is 349 g/mol. The summed E-state index contributed by atoms with van der Waals surface area (Å²) in [5.41, 5.74) is 0. The van der Waals surface area contributed by atoms with E-state index in [9.17, 15) is 4.79 Å². The Kier molecular flexibility index (Phi) is 10.2. The van der Waals surface area contributed by atoms with Crippen LogP contribution in [0.5, 0.6) is 0 Å². The molecule has 0 aliphatic heterocycles. The van der Waals surface area contributed by atoms with Crippen LogP contribution in [0.1, 0.15) is 117 Å². The lowest BCUT2D eigenvalue weighted by Crippen LogP contribution is -2.21. The Morgan fingerprint density at radius 1 is 0.720 bits per heavy atom. The number of hydrogen-bond acceptors (Lipinski definition) is 1. The Hall–Kier alpha value is -0.330. The van der Waals surface area contributed by atoms with Crippen molar-refractivity contribution in [2.45, 2.75) is 117 Å². The Morgan fingerprint density at radius 3 is 1.96 bits per heavy atom. The lowest BCUT2D eigenvalue weighted by Gasteiger charge is -2.32. The molecule has 0 aromatic rings. The van der Waals surface area contributed by atoms with Crippen LogP contribution in [0.4, 0.5) is 0 Å². The van der Waals surface area contributed by atoms with Crippen LogP contribution in [0.25, 0.3) is 0 Å². The van der Waals surface area contributed by atoms with E-state index < -0.39 is 0 Å². The van der Waals surface area contributed by atoms with E-state index in [-0.39, 0.29) is 0 Å². The molecule has 0 saturated heterocycles. The molecular formula is C24H44O. The summed E-state index contributed by atoms with van der Waals surface area (Å²) in [6.07, 6.45) is 23.5. The maximum absolute atomic E-state index is 11.2. The first-order valence-electron chi connectivity index (χ1n) is 11.7. The Bertz CT molecular complexity index is 350. The number of hydrogen-bond donors (Lipinski definition) is 0. The molecule has 0 amide bonds. The van der Waals surface area contributed by atoms with Crippen LogP contribution in [0.15, 0.2) is 0 Å². The Morgan fingerprint density at radius 2 is 1.32 bits per heavy atom. The van der Waals surface area contributed by atoms with Crippen LogP contribution >= 0.6 is 0 Å². The van der Waals surface area contributed by atoms with E-state index in [1.807, 2.05) is 0 Å². The van der Waals surface area contributed by atoms with Gasteiger partial charge in [-0.3, -0.25) is 0 Å². The second kappa shape index (κ2) is 12.1. The van der Waals surface area contributed by atoms with Crippen molar-refractivity contribution in [3.8, 4) is 0 Å². The summed E-state index contributed by atoms with van der Waals surface area (Å²) < 4.78 is 0. The van der Waals surface area contributed by atoms with Crippen LogP contribution in [0.2, 0.25) is 0 Å². The second-order valence-corrected chi connectivity index (χ2v) is 9.55. The number of aldehydes is 1. The van der Waals surface area contributed by atoms with Crippen molar-refractivity contribution >= 4 is 6.29 Å². The molecule has 0 N–H and O–H groups in total. The first kappa shape index (κ1) is 21.0. The highest BCUT2D eigenvalue weighted by Gasteiger charge is 2.25. The molecule has 0 aromatic carbocycles. The summed E-state index contributed by atoms with van der Waals surface area (Å²) in [6, 6.07) is 0. The monoisotopic (exact) mass is 348 g/mol. The zero-order valence-electron chi connectivity index (χ0n) is 17.2. The minimum atomic E-state index is 0.388. The van der Waals surface area contributed by atoms with Gasteiger partial charge in [0.25, 0.3) is 0 Å². The minimum absolute atomic E-state index is 0.388. The van der Waals surface area contributed by atoms with E-state index >= 15 is 0 Å². The van der Waals surface area contributed by atoms with Gasteiger partial charge in [0.05, 0.1) is 0 Å². The predicted octanol–water partition coefficient (Wildman–Crippen LogP) is 7.57. The van der Waals surface area contributed by atoms with Crippen LogP contribution in [-0.4, -0.2) is 6.29 Å². The standard InChI is InChI=1S/C24H44O/c1-20-16-17-22(21(2)18-20)12-8-6-4-3-5-7-9-13-23-14-10-11-15-24(23)19-25/h19-24H,3-18H2,1-2H3. The summed E-state index contributed by atoms with van der Waals surface area (Å²) in [5, 5.41) is 0. The van der Waals surface area contributed by atoms with Crippen LogP contribution < -0.4 is 0 Å².